The summed E-state index contributed by atoms with van der Waals surface area (Å²) >= 11 is 4.76. The number of rotatable bonds is 6. The SMILES string of the molecule is C[C@H](Sc1nnc(-c2cccc(Br)c2)o1)C(=O)N1CCN(Cc2ccccc2)CC1. The monoisotopic (exact) mass is 486 g/mol. The second-order valence-electron chi connectivity index (χ2n) is 7.23. The molecule has 1 atom stereocenters. The van der Waals surface area contributed by atoms with Crippen LogP contribution in [0.1, 0.15) is 12.5 Å². The standard InChI is InChI=1S/C22H23BrN4O2S/c1-16(30-22-25-24-20(29-22)18-8-5-9-19(23)14-18)21(28)27-12-10-26(11-13-27)15-17-6-3-2-4-7-17/h2-9,14,16H,10-13,15H2,1H3/t16-/m0/s1. The third-order valence-corrected chi connectivity index (χ3v) is 6.45. The molecule has 30 heavy (non-hydrogen) atoms. The maximum atomic E-state index is 12.9. The molecule has 0 spiro atoms. The fraction of sp³-hybridized carbons (Fsp3) is 0.318. The van der Waals surface area contributed by atoms with Gasteiger partial charge in [-0.3, -0.25) is 9.69 Å². The van der Waals surface area contributed by atoms with Gasteiger partial charge in [0, 0.05) is 42.8 Å². The van der Waals surface area contributed by atoms with E-state index in [2.05, 4.69) is 55.3 Å². The number of nitrogens with zero attached hydrogens (tertiary/aromatic N) is 4. The summed E-state index contributed by atoms with van der Waals surface area (Å²) in [5, 5.41) is 8.35. The normalized spacial score (nSPS) is 15.9. The Hall–Kier alpha value is -2.16. The third kappa shape index (κ3) is 5.30. The first-order valence-electron chi connectivity index (χ1n) is 9.89. The molecule has 2 heterocycles. The van der Waals surface area contributed by atoms with E-state index in [0.717, 1.165) is 42.8 Å². The number of hydrogen-bond donors (Lipinski definition) is 0. The van der Waals surface area contributed by atoms with Crippen molar-refractivity contribution in [3.63, 3.8) is 0 Å². The minimum absolute atomic E-state index is 0.113. The summed E-state index contributed by atoms with van der Waals surface area (Å²) in [4.78, 5) is 17.2. The van der Waals surface area contributed by atoms with Crippen molar-refractivity contribution in [3.8, 4) is 11.5 Å². The Morgan fingerprint density at radius 2 is 1.87 bits per heavy atom. The molecule has 156 valence electrons. The Morgan fingerprint density at radius 3 is 2.60 bits per heavy atom. The Labute approximate surface area is 188 Å². The smallest absolute Gasteiger partial charge is 0.277 e. The van der Waals surface area contributed by atoms with Crippen molar-refractivity contribution < 1.29 is 9.21 Å². The summed E-state index contributed by atoms with van der Waals surface area (Å²) in [7, 11) is 0. The molecule has 4 rings (SSSR count). The number of piperazine rings is 1. The van der Waals surface area contributed by atoms with E-state index in [1.807, 2.05) is 42.2 Å². The highest BCUT2D eigenvalue weighted by Gasteiger charge is 2.27. The minimum atomic E-state index is -0.276. The van der Waals surface area contributed by atoms with Gasteiger partial charge in [0.15, 0.2) is 0 Å². The molecule has 2 aromatic carbocycles. The minimum Gasteiger partial charge on any atom is -0.411 e. The largest absolute Gasteiger partial charge is 0.411 e. The van der Waals surface area contributed by atoms with Crippen LogP contribution in [0.2, 0.25) is 0 Å². The summed E-state index contributed by atoms with van der Waals surface area (Å²) in [6.45, 7) is 6.06. The first-order chi connectivity index (χ1) is 14.6. The van der Waals surface area contributed by atoms with Crippen molar-refractivity contribution in [3.05, 3.63) is 64.6 Å². The highest BCUT2D eigenvalue weighted by atomic mass is 79.9. The van der Waals surface area contributed by atoms with Crippen LogP contribution in [0.3, 0.4) is 0 Å². The topological polar surface area (TPSA) is 62.5 Å². The van der Waals surface area contributed by atoms with Crippen LogP contribution >= 0.6 is 27.7 Å². The van der Waals surface area contributed by atoms with E-state index in [0.29, 0.717) is 11.1 Å². The molecule has 1 aliphatic heterocycles. The highest BCUT2D eigenvalue weighted by molar-refractivity contribution is 9.10. The van der Waals surface area contributed by atoms with Gasteiger partial charge in [-0.05, 0) is 30.7 Å². The molecule has 0 saturated carbocycles. The second-order valence-corrected chi connectivity index (χ2v) is 9.44. The lowest BCUT2D eigenvalue weighted by molar-refractivity contribution is -0.132. The van der Waals surface area contributed by atoms with E-state index in [1.165, 1.54) is 17.3 Å². The van der Waals surface area contributed by atoms with Gasteiger partial charge in [-0.15, -0.1) is 10.2 Å². The molecule has 1 fully saturated rings. The number of amides is 1. The summed E-state index contributed by atoms with van der Waals surface area (Å²) in [5.74, 6) is 0.564. The maximum absolute atomic E-state index is 12.9. The molecule has 1 aromatic heterocycles. The average molecular weight is 487 g/mol. The Morgan fingerprint density at radius 1 is 1.10 bits per heavy atom. The molecule has 1 saturated heterocycles. The molecule has 0 radical (unpaired) electrons. The summed E-state index contributed by atoms with van der Waals surface area (Å²) < 4.78 is 6.70. The van der Waals surface area contributed by atoms with Gasteiger partial charge >= 0.3 is 0 Å². The van der Waals surface area contributed by atoms with Crippen LogP contribution in [0.4, 0.5) is 0 Å². The van der Waals surface area contributed by atoms with E-state index in [9.17, 15) is 4.79 Å². The van der Waals surface area contributed by atoms with Gasteiger partial charge in [-0.2, -0.15) is 0 Å². The molecule has 0 aliphatic carbocycles. The van der Waals surface area contributed by atoms with Gasteiger partial charge in [0.2, 0.25) is 11.8 Å². The zero-order valence-corrected chi connectivity index (χ0v) is 19.1. The van der Waals surface area contributed by atoms with Crippen molar-refractivity contribution in [1.29, 1.82) is 0 Å². The number of thioether (sulfide) groups is 1. The van der Waals surface area contributed by atoms with Crippen LogP contribution in [0.25, 0.3) is 11.5 Å². The Bertz CT molecular complexity index is 990. The van der Waals surface area contributed by atoms with Crippen LogP contribution in [-0.2, 0) is 11.3 Å². The van der Waals surface area contributed by atoms with E-state index in [-0.39, 0.29) is 11.2 Å². The second kappa shape index (κ2) is 9.76. The Kier molecular flexibility index (Phi) is 6.86. The molecule has 8 heteroatoms. The van der Waals surface area contributed by atoms with Gasteiger partial charge in [-0.1, -0.05) is 64.1 Å². The van der Waals surface area contributed by atoms with Crippen LogP contribution in [0.5, 0.6) is 0 Å². The van der Waals surface area contributed by atoms with Crippen molar-refractivity contribution in [1.82, 2.24) is 20.0 Å². The molecule has 0 bridgehead atoms. The molecule has 1 aliphatic rings. The molecular formula is C22H23BrN4O2S. The fourth-order valence-corrected chi connectivity index (χ4v) is 4.59. The van der Waals surface area contributed by atoms with Gasteiger partial charge in [0.1, 0.15) is 0 Å². The van der Waals surface area contributed by atoms with Gasteiger partial charge in [-0.25, -0.2) is 0 Å². The zero-order valence-electron chi connectivity index (χ0n) is 16.7. The predicted molar refractivity (Wildman–Crippen MR) is 121 cm³/mol. The lowest BCUT2D eigenvalue weighted by Crippen LogP contribution is -2.50. The van der Waals surface area contributed by atoms with Crippen molar-refractivity contribution >= 4 is 33.6 Å². The van der Waals surface area contributed by atoms with Crippen LogP contribution in [-0.4, -0.2) is 57.3 Å². The van der Waals surface area contributed by atoms with Crippen LogP contribution < -0.4 is 0 Å². The number of hydrogen-bond acceptors (Lipinski definition) is 6. The number of carbonyl (C=O) groups excluding carboxylic acids is 1. The lowest BCUT2D eigenvalue weighted by atomic mass is 10.2. The van der Waals surface area contributed by atoms with E-state index in [1.54, 1.807) is 0 Å². The van der Waals surface area contributed by atoms with Crippen molar-refractivity contribution in [2.45, 2.75) is 23.9 Å². The highest BCUT2D eigenvalue weighted by Crippen LogP contribution is 2.28. The van der Waals surface area contributed by atoms with Crippen molar-refractivity contribution in [2.24, 2.45) is 0 Å². The average Bonchev–Trinajstić information content (AvgIpc) is 3.23. The number of aromatic nitrogens is 2. The molecule has 0 N–H and O–H groups in total. The predicted octanol–water partition coefficient (Wildman–Crippen LogP) is 4.32. The van der Waals surface area contributed by atoms with Crippen LogP contribution in [0, 0.1) is 0 Å². The van der Waals surface area contributed by atoms with Gasteiger partial charge in [0.05, 0.1) is 5.25 Å². The van der Waals surface area contributed by atoms with E-state index >= 15 is 0 Å². The van der Waals surface area contributed by atoms with Crippen molar-refractivity contribution in [2.75, 3.05) is 26.2 Å². The quantitative estimate of drug-likeness (QED) is 0.483. The van der Waals surface area contributed by atoms with Gasteiger partial charge < -0.3 is 9.32 Å². The van der Waals surface area contributed by atoms with E-state index in [4.69, 9.17) is 4.42 Å². The third-order valence-electron chi connectivity index (χ3n) is 5.04. The number of halogens is 1. The summed E-state index contributed by atoms with van der Waals surface area (Å²) in [6, 6.07) is 18.1. The summed E-state index contributed by atoms with van der Waals surface area (Å²) in [5.41, 5.74) is 2.15. The van der Waals surface area contributed by atoms with Crippen LogP contribution in [0.15, 0.2) is 68.7 Å². The zero-order chi connectivity index (χ0) is 20.9. The first kappa shape index (κ1) is 21.1. The fourth-order valence-electron chi connectivity index (χ4n) is 3.42. The molecular weight excluding hydrogens is 464 g/mol. The maximum Gasteiger partial charge on any atom is 0.277 e. The molecule has 1 amide bonds. The number of carbonyl (C=O) groups is 1. The van der Waals surface area contributed by atoms with E-state index < -0.39 is 0 Å². The van der Waals surface area contributed by atoms with Gasteiger partial charge in [0.25, 0.3) is 5.22 Å². The molecule has 3 aromatic rings. The molecule has 0 unspecified atom stereocenters. The first-order valence-corrected chi connectivity index (χ1v) is 11.6. The number of benzene rings is 2. The Balaban J connectivity index is 1.29. The summed E-state index contributed by atoms with van der Waals surface area (Å²) in [6.07, 6.45) is 0. The lowest BCUT2D eigenvalue weighted by Gasteiger charge is -2.35. The molecule has 6 nitrogen and oxygen atoms in total.